The van der Waals surface area contributed by atoms with E-state index in [2.05, 4.69) is 35.9 Å². The van der Waals surface area contributed by atoms with E-state index in [0.29, 0.717) is 0 Å². The van der Waals surface area contributed by atoms with Crippen molar-refractivity contribution < 1.29 is 30.0 Å². The van der Waals surface area contributed by atoms with Gasteiger partial charge in [-0.3, -0.25) is 0 Å². The van der Waals surface area contributed by atoms with E-state index in [0.717, 1.165) is 43.0 Å². The molecule has 6 aromatic carbocycles. The molecule has 47 heavy (non-hydrogen) atoms. The minimum Gasteiger partial charge on any atom is -1.00 e. The summed E-state index contributed by atoms with van der Waals surface area (Å²) in [6, 6.07) is 46.4. The Morgan fingerprint density at radius 2 is 0.532 bits per heavy atom. The van der Waals surface area contributed by atoms with Crippen LogP contribution in [0.5, 0.6) is 0 Å². The second-order valence-electron chi connectivity index (χ2n) is 11.1. The zero-order valence-corrected chi connectivity index (χ0v) is 27.5. The highest BCUT2D eigenvalue weighted by Crippen LogP contribution is 2.82. The molecule has 0 amide bonds. The first-order chi connectivity index (χ1) is 22.4. The van der Waals surface area contributed by atoms with Crippen LogP contribution in [0.2, 0.25) is 0 Å². The number of hydrogen-bond acceptors (Lipinski definition) is 0. The maximum Gasteiger partial charge on any atom is 0.152 e. The number of rotatable bonds is 6. The molecule has 0 saturated heterocycles. The summed E-state index contributed by atoms with van der Waals surface area (Å²) in [6.45, 7) is 0. The number of halogens is 5. The van der Waals surface area contributed by atoms with Crippen molar-refractivity contribution in [2.75, 3.05) is 0 Å². The molecule has 1 aliphatic rings. The van der Waals surface area contributed by atoms with Gasteiger partial charge in [-0.1, -0.05) is 60.7 Å². The fraction of sp³-hybridized carbons (Fsp3) is 0. The molecule has 0 aromatic heterocycles. The van der Waals surface area contributed by atoms with Crippen molar-refractivity contribution in [3.05, 3.63) is 204 Å². The average molecular weight is 682 g/mol. The predicted octanol–water partition coefficient (Wildman–Crippen LogP) is 6.89. The highest BCUT2D eigenvalue weighted by Gasteiger charge is 2.60. The third-order valence-electron chi connectivity index (χ3n) is 8.47. The Bertz CT molecular complexity index is 1800. The Morgan fingerprint density at radius 3 is 0.766 bits per heavy atom. The van der Waals surface area contributed by atoms with Gasteiger partial charge in [0.2, 0.25) is 0 Å². The largest absolute Gasteiger partial charge is 1.00 e. The molecule has 7 heteroatoms. The fourth-order valence-electron chi connectivity index (χ4n) is 6.32. The van der Waals surface area contributed by atoms with Crippen molar-refractivity contribution in [2.45, 2.75) is 0 Å². The van der Waals surface area contributed by atoms with Gasteiger partial charge in [0, 0.05) is 11.1 Å². The summed E-state index contributed by atoms with van der Waals surface area (Å²) in [5.74, 6) is 3.24. The molecule has 232 valence electrons. The molecule has 0 saturated carbocycles. The standard InChI is InChI=1S/C40H28F4P2.ClH/c41-31-11-19-35(20-12-31)45(36-21-13-32(42)14-22-36)28-40(30-9-5-2-6-10-30)46(37-23-15-33(43)16-24-37,38-25-17-34(44)18-26-38)27-39(45)29-7-3-1-4-8-29;/h1-28H;1H/q+2;/p-1. The van der Waals surface area contributed by atoms with E-state index >= 15 is 0 Å². The van der Waals surface area contributed by atoms with Gasteiger partial charge in [0.1, 0.15) is 70.6 Å². The van der Waals surface area contributed by atoms with E-state index in [1.807, 2.05) is 84.9 Å². The molecule has 0 spiro atoms. The normalized spacial score (nSPS) is 14.8. The van der Waals surface area contributed by atoms with Crippen molar-refractivity contribution >= 4 is 46.4 Å². The van der Waals surface area contributed by atoms with Crippen LogP contribution < -0.4 is 33.6 Å². The smallest absolute Gasteiger partial charge is 0.152 e. The first kappa shape index (κ1) is 32.6. The maximum absolute atomic E-state index is 14.5. The first-order valence-electron chi connectivity index (χ1n) is 14.8. The molecule has 0 unspecified atom stereocenters. The Labute approximate surface area is 279 Å². The summed E-state index contributed by atoms with van der Waals surface area (Å²) in [7, 11) is -5.57. The van der Waals surface area contributed by atoms with Crippen molar-refractivity contribution in [1.82, 2.24) is 0 Å². The lowest BCUT2D eigenvalue weighted by Crippen LogP contribution is -3.00. The molecule has 0 radical (unpaired) electrons. The lowest BCUT2D eigenvalue weighted by Gasteiger charge is -2.35. The van der Waals surface area contributed by atoms with Crippen LogP contribution in [0.1, 0.15) is 11.1 Å². The lowest BCUT2D eigenvalue weighted by atomic mass is 10.2. The summed E-state index contributed by atoms with van der Waals surface area (Å²) in [4.78, 5) is 0. The molecule has 0 bridgehead atoms. The summed E-state index contributed by atoms with van der Waals surface area (Å²) in [6.07, 6.45) is 0. The highest BCUT2D eigenvalue weighted by atomic mass is 35.5. The molecule has 0 nitrogen and oxygen atoms in total. The van der Waals surface area contributed by atoms with Gasteiger partial charge in [-0.2, -0.15) is 0 Å². The van der Waals surface area contributed by atoms with Gasteiger partial charge < -0.3 is 12.4 Å². The van der Waals surface area contributed by atoms with Gasteiger partial charge >= 0.3 is 0 Å². The van der Waals surface area contributed by atoms with Gasteiger partial charge in [0.25, 0.3) is 0 Å². The van der Waals surface area contributed by atoms with Crippen LogP contribution >= 0.6 is 14.5 Å². The predicted molar refractivity (Wildman–Crippen MR) is 187 cm³/mol. The van der Waals surface area contributed by atoms with Crippen molar-refractivity contribution in [1.29, 1.82) is 0 Å². The molecule has 0 aliphatic carbocycles. The zero-order chi connectivity index (χ0) is 31.7. The van der Waals surface area contributed by atoms with Crippen LogP contribution in [0, 0.1) is 23.3 Å². The van der Waals surface area contributed by atoms with Crippen molar-refractivity contribution in [3.63, 3.8) is 0 Å². The third-order valence-corrected chi connectivity index (χ3v) is 16.9. The molecule has 1 aliphatic heterocycles. The maximum atomic E-state index is 14.5. The number of benzene rings is 6. The van der Waals surface area contributed by atoms with Crippen LogP contribution in [0.15, 0.2) is 169 Å². The van der Waals surface area contributed by atoms with Crippen LogP contribution in [0.4, 0.5) is 17.6 Å². The Morgan fingerprint density at radius 1 is 0.298 bits per heavy atom. The van der Waals surface area contributed by atoms with Crippen molar-refractivity contribution in [2.24, 2.45) is 0 Å². The SMILES string of the molecule is Fc1ccc([P+]2(c3ccc(F)cc3)C=C(c3ccccc3)[P+](c3ccc(F)cc3)(c3ccc(F)cc3)C=C2c2ccccc2)cc1.[Cl-]. The van der Waals surface area contributed by atoms with Gasteiger partial charge in [-0.25, -0.2) is 17.6 Å². The second-order valence-corrected chi connectivity index (χ2v) is 17.5. The van der Waals surface area contributed by atoms with E-state index in [1.54, 1.807) is 0 Å². The van der Waals surface area contributed by atoms with E-state index in [-0.39, 0.29) is 35.7 Å². The Balaban J connectivity index is 0.00000386. The number of hydrogen-bond donors (Lipinski definition) is 0. The van der Waals surface area contributed by atoms with Crippen LogP contribution in [0.25, 0.3) is 10.6 Å². The molecular formula is C40H28ClF4P2+. The molecule has 0 N–H and O–H groups in total. The van der Waals surface area contributed by atoms with E-state index in [4.69, 9.17) is 0 Å². The molecule has 0 atom stereocenters. The van der Waals surface area contributed by atoms with E-state index in [1.165, 1.54) is 48.5 Å². The zero-order valence-electron chi connectivity index (χ0n) is 25.0. The summed E-state index contributed by atoms with van der Waals surface area (Å²) < 4.78 is 58.0. The molecule has 6 aromatic rings. The summed E-state index contributed by atoms with van der Waals surface area (Å²) in [5.41, 5.74) is 1.92. The average Bonchev–Trinajstić information content (AvgIpc) is 3.10. The monoisotopic (exact) mass is 681 g/mol. The first-order valence-corrected chi connectivity index (χ1v) is 18.5. The lowest BCUT2D eigenvalue weighted by molar-refractivity contribution is -0.0000111. The second kappa shape index (κ2) is 13.4. The molecule has 1 heterocycles. The van der Waals surface area contributed by atoms with Gasteiger partial charge in [0.05, 0.1) is 0 Å². The molecule has 0 fully saturated rings. The third kappa shape index (κ3) is 5.87. The van der Waals surface area contributed by atoms with Crippen molar-refractivity contribution in [3.8, 4) is 0 Å². The Hall–Kier alpha value is -4.33. The van der Waals surface area contributed by atoms with E-state index < -0.39 is 14.5 Å². The van der Waals surface area contributed by atoms with Crippen LogP contribution in [0.3, 0.4) is 0 Å². The van der Waals surface area contributed by atoms with E-state index in [9.17, 15) is 17.6 Å². The Kier molecular flexibility index (Phi) is 9.31. The van der Waals surface area contributed by atoms with Gasteiger partial charge in [0.15, 0.2) is 10.6 Å². The van der Waals surface area contributed by atoms with Crippen LogP contribution in [-0.4, -0.2) is 0 Å². The minimum absolute atomic E-state index is 0. The van der Waals surface area contributed by atoms with Gasteiger partial charge in [-0.05, 0) is 97.1 Å². The molecule has 7 rings (SSSR count). The summed E-state index contributed by atoms with van der Waals surface area (Å²) in [5, 5.41) is 5.63. The highest BCUT2D eigenvalue weighted by molar-refractivity contribution is 8.07. The van der Waals surface area contributed by atoms with Crippen LogP contribution in [-0.2, 0) is 0 Å². The quantitative estimate of drug-likeness (QED) is 0.133. The summed E-state index contributed by atoms with van der Waals surface area (Å²) >= 11 is 0. The van der Waals surface area contributed by atoms with Gasteiger partial charge in [-0.15, -0.1) is 0 Å². The topological polar surface area (TPSA) is 0 Å². The molecular weight excluding hydrogens is 654 g/mol. The minimum atomic E-state index is -2.78. The fourth-order valence-corrected chi connectivity index (χ4v) is 16.0.